The van der Waals surface area contributed by atoms with Crippen LogP contribution in [0.25, 0.3) is 45.7 Å². The van der Waals surface area contributed by atoms with Gasteiger partial charge in [0.2, 0.25) is 11.8 Å². The van der Waals surface area contributed by atoms with E-state index < -0.39 is 54.9 Å². The molecule has 0 aliphatic heterocycles. The van der Waals surface area contributed by atoms with Gasteiger partial charge in [-0.1, -0.05) is 36.4 Å². The van der Waals surface area contributed by atoms with Gasteiger partial charge in [-0.25, -0.2) is 36.8 Å². The Kier molecular flexibility index (Phi) is 15.9. The van der Waals surface area contributed by atoms with Gasteiger partial charge < -0.3 is 47.4 Å². The van der Waals surface area contributed by atoms with Crippen LogP contribution >= 0.6 is 0 Å². The van der Waals surface area contributed by atoms with E-state index in [1.54, 1.807) is 119 Å². The van der Waals surface area contributed by atoms with Crippen LogP contribution in [0.3, 0.4) is 0 Å². The highest BCUT2D eigenvalue weighted by atomic mass is 32.2. The lowest BCUT2D eigenvalue weighted by Gasteiger charge is -2.17. The molecule has 2 N–H and O–H groups in total. The van der Waals surface area contributed by atoms with Crippen LogP contribution in [0.15, 0.2) is 134 Å². The molecule has 26 heteroatoms. The lowest BCUT2D eigenvalue weighted by atomic mass is 10.2. The number of nitrogens with zero attached hydrogens (tertiary/aromatic N) is 12. The van der Waals surface area contributed by atoms with Gasteiger partial charge in [0.15, 0.2) is 43.0 Å². The zero-order chi connectivity index (χ0) is 55.1. The quantitative estimate of drug-likeness (QED) is 0.0978. The summed E-state index contributed by atoms with van der Waals surface area (Å²) >= 11 is 0. The molecule has 0 saturated heterocycles. The molecule has 24 nitrogen and oxygen atoms in total. The number of fused-ring (bicyclic) bond motifs is 2. The molecule has 0 bridgehead atoms. The number of methoxy groups -OCH3 is 6. The van der Waals surface area contributed by atoms with Gasteiger partial charge in [0.05, 0.1) is 65.6 Å². The fourth-order valence-electron chi connectivity index (χ4n) is 8.42. The number of aliphatic hydroxyl groups is 2. The van der Waals surface area contributed by atoms with Crippen LogP contribution in [-0.4, -0.2) is 139 Å². The van der Waals surface area contributed by atoms with Gasteiger partial charge in [0, 0.05) is 36.9 Å². The highest BCUT2D eigenvalue weighted by Gasteiger charge is 2.31. The zero-order valence-electron chi connectivity index (χ0n) is 42.8. The van der Waals surface area contributed by atoms with Crippen LogP contribution in [0.5, 0.6) is 34.8 Å². The molecule has 0 unspecified atom stereocenters. The molecule has 0 saturated carbocycles. The molecule has 8 aromatic heterocycles. The van der Waals surface area contributed by atoms with E-state index in [0.717, 1.165) is 0 Å². The number of ether oxygens (including phenoxy) is 6. The minimum absolute atomic E-state index is 0.0830. The summed E-state index contributed by atoms with van der Waals surface area (Å²) in [7, 11) is 1.12. The van der Waals surface area contributed by atoms with E-state index in [1.165, 1.54) is 51.8 Å². The van der Waals surface area contributed by atoms with Crippen molar-refractivity contribution in [2.45, 2.75) is 23.7 Å². The van der Waals surface area contributed by atoms with Gasteiger partial charge in [0.1, 0.15) is 80.8 Å². The predicted molar refractivity (Wildman–Crippen MR) is 284 cm³/mol. The van der Waals surface area contributed by atoms with Crippen LogP contribution in [0.2, 0.25) is 0 Å². The fraction of sp³-hybridized carbons (Fsp3) is 0.231. The molecule has 0 fully saturated rings. The minimum atomic E-state index is -3.92. The number of para-hydroxylation sites is 2. The molecule has 404 valence electrons. The molecule has 0 spiro atoms. The number of sulfone groups is 2. The second-order valence-electron chi connectivity index (χ2n) is 17.1. The van der Waals surface area contributed by atoms with E-state index in [2.05, 4.69) is 40.3 Å². The summed E-state index contributed by atoms with van der Waals surface area (Å²) in [5, 5.41) is 38.5. The maximum absolute atomic E-state index is 13.4. The van der Waals surface area contributed by atoms with E-state index in [9.17, 15) is 27.0 Å². The lowest BCUT2D eigenvalue weighted by Crippen LogP contribution is -2.19. The van der Waals surface area contributed by atoms with Crippen molar-refractivity contribution in [1.29, 1.82) is 0 Å². The maximum Gasteiger partial charge on any atom is 0.213 e. The third-order valence-corrected chi connectivity index (χ3v) is 15.0. The Balaban J connectivity index is 0.000000190. The summed E-state index contributed by atoms with van der Waals surface area (Å²) < 4.78 is 92.8. The number of hydrogen-bond donors (Lipinski definition) is 2. The predicted octanol–water partition coefficient (Wildman–Crippen LogP) is 5.30. The van der Waals surface area contributed by atoms with Crippen molar-refractivity contribution in [3.63, 3.8) is 0 Å². The Bertz CT molecular complexity index is 3610. The third kappa shape index (κ3) is 11.6. The first-order valence-electron chi connectivity index (χ1n) is 23.6. The summed E-state index contributed by atoms with van der Waals surface area (Å²) in [5.41, 5.74) is 3.28. The highest BCUT2D eigenvalue weighted by Crippen LogP contribution is 2.38. The largest absolute Gasteiger partial charge is 0.494 e. The van der Waals surface area contributed by atoms with Gasteiger partial charge in [-0.3, -0.25) is 9.13 Å². The smallest absolute Gasteiger partial charge is 0.213 e. The molecular formula is C52H52N12O12S2. The van der Waals surface area contributed by atoms with Gasteiger partial charge in [-0.2, -0.15) is 0 Å². The SMILES string of the molecule is COc1cccc(-c2nnc(CS(=O)(=O)C[C@@H](O)c3cn4ccccc4n3)n2-c2c(OC)cccc2OC)n1.COc1cccc(-c2nnc(CS(=O)(=O)C[C@H](O)c3cn4ccccc4n3)n2-c2c(OC)cccc2OC)n1. The van der Waals surface area contributed by atoms with E-state index in [4.69, 9.17) is 28.4 Å². The molecule has 10 rings (SSSR count). The third-order valence-electron chi connectivity index (χ3n) is 12.0. The molecule has 2 atom stereocenters. The van der Waals surface area contributed by atoms with Crippen molar-refractivity contribution in [2.75, 3.05) is 54.2 Å². The van der Waals surface area contributed by atoms with Crippen molar-refractivity contribution >= 4 is 31.0 Å². The van der Waals surface area contributed by atoms with Crippen molar-refractivity contribution < 1.29 is 55.5 Å². The van der Waals surface area contributed by atoms with E-state index >= 15 is 0 Å². The number of benzene rings is 2. The Morgan fingerprint density at radius 1 is 0.449 bits per heavy atom. The van der Waals surface area contributed by atoms with Crippen molar-refractivity contribution in [2.24, 2.45) is 0 Å². The number of hydrogen-bond acceptors (Lipinski definition) is 20. The second kappa shape index (κ2) is 23.1. The fourth-order valence-corrected chi connectivity index (χ4v) is 11.1. The molecule has 78 heavy (non-hydrogen) atoms. The van der Waals surface area contributed by atoms with Crippen LogP contribution < -0.4 is 28.4 Å². The van der Waals surface area contributed by atoms with Crippen LogP contribution in [-0.2, 0) is 31.2 Å². The average molecular weight is 1100 g/mol. The first-order valence-corrected chi connectivity index (χ1v) is 27.3. The number of aliphatic hydroxyl groups excluding tert-OH is 2. The van der Waals surface area contributed by atoms with Gasteiger partial charge in [-0.05, 0) is 60.7 Å². The van der Waals surface area contributed by atoms with Gasteiger partial charge in [-0.15, -0.1) is 20.4 Å². The number of pyridine rings is 4. The Morgan fingerprint density at radius 3 is 1.17 bits per heavy atom. The van der Waals surface area contributed by atoms with E-state index in [1.807, 2.05) is 24.3 Å². The molecule has 0 aliphatic carbocycles. The first-order chi connectivity index (χ1) is 37.7. The lowest BCUT2D eigenvalue weighted by molar-refractivity contribution is 0.197. The summed E-state index contributed by atoms with van der Waals surface area (Å²) in [6.45, 7) is 0. The van der Waals surface area contributed by atoms with Crippen LogP contribution in [0.4, 0.5) is 0 Å². The Morgan fingerprint density at radius 2 is 0.821 bits per heavy atom. The number of imidazole rings is 2. The van der Waals surface area contributed by atoms with Crippen LogP contribution in [0, 0.1) is 0 Å². The summed E-state index contributed by atoms with van der Waals surface area (Å²) in [6, 6.07) is 31.4. The van der Waals surface area contributed by atoms with Crippen molar-refractivity contribution in [3.05, 3.63) is 157 Å². The van der Waals surface area contributed by atoms with Crippen molar-refractivity contribution in [1.82, 2.24) is 58.3 Å². The number of aromatic nitrogens is 12. The Labute approximate surface area is 447 Å². The molecule has 8 heterocycles. The number of rotatable bonds is 20. The summed E-state index contributed by atoms with van der Waals surface area (Å²) in [6.07, 6.45) is 4.06. The minimum Gasteiger partial charge on any atom is -0.494 e. The maximum atomic E-state index is 13.4. The molecule has 0 amide bonds. The van der Waals surface area contributed by atoms with E-state index in [-0.39, 0.29) is 34.7 Å². The molecular weight excluding hydrogens is 1050 g/mol. The topological polar surface area (TPSA) is 286 Å². The summed E-state index contributed by atoms with van der Waals surface area (Å²) in [5.74, 6) is 0.777. The standard InChI is InChI=1S/2C26H26N6O6S/c2*1-36-20-9-7-10-21(37-2)25(20)32-23(29-30-26(32)17-8-6-12-24(28-17)38-3)16-39(34,35)15-19(33)18-14-31-13-5-4-11-22(31)27-18/h2*4-14,19,33H,15-16H2,1-3H3/t2*19-/m10/s1. The molecule has 0 aliphatic rings. The molecule has 0 radical (unpaired) electrons. The molecule has 2 aromatic carbocycles. The van der Waals surface area contributed by atoms with Crippen molar-refractivity contribution in [3.8, 4) is 69.2 Å². The molecule has 10 aromatic rings. The monoisotopic (exact) mass is 1100 g/mol. The highest BCUT2D eigenvalue weighted by molar-refractivity contribution is 7.90. The zero-order valence-corrected chi connectivity index (χ0v) is 44.5. The van der Waals surface area contributed by atoms with Gasteiger partial charge in [0.25, 0.3) is 0 Å². The normalized spacial score (nSPS) is 12.4. The van der Waals surface area contributed by atoms with Gasteiger partial charge >= 0.3 is 0 Å². The Hall–Kier alpha value is -8.98. The average Bonchev–Trinajstić information content (AvgIpc) is 4.32. The summed E-state index contributed by atoms with van der Waals surface area (Å²) in [4.78, 5) is 17.6. The van der Waals surface area contributed by atoms with Crippen LogP contribution in [0.1, 0.15) is 35.2 Å². The first kappa shape index (κ1) is 53.8. The van der Waals surface area contributed by atoms with E-state index in [0.29, 0.717) is 68.8 Å². The second-order valence-corrected chi connectivity index (χ2v) is 21.3.